The quantitative estimate of drug-likeness (QED) is 0.769. The van der Waals surface area contributed by atoms with Gasteiger partial charge < -0.3 is 15.2 Å². The summed E-state index contributed by atoms with van der Waals surface area (Å²) in [7, 11) is 0. The maximum Gasteiger partial charge on any atom is 0.225 e. The molecule has 2 aromatic rings. The Labute approximate surface area is 160 Å². The average Bonchev–Trinajstić information content (AvgIpc) is 2.97. The third kappa shape index (κ3) is 3.92. The number of carbonyl (C=O) groups is 2. The topological polar surface area (TPSA) is 65.2 Å². The zero-order valence-corrected chi connectivity index (χ0v) is 16.5. The molecule has 1 atom stereocenters. The number of aromatic nitrogens is 1. The normalized spacial score (nSPS) is 17.4. The summed E-state index contributed by atoms with van der Waals surface area (Å²) in [6, 6.07) is 4.33. The number of nitrogens with zero attached hydrogens (tertiary/aromatic N) is 1. The van der Waals surface area contributed by atoms with Crippen LogP contribution >= 0.6 is 0 Å². The number of aromatic amines is 1. The van der Waals surface area contributed by atoms with Gasteiger partial charge in [0, 0.05) is 37.1 Å². The monoisotopic (exact) mass is 367 g/mol. The molecule has 0 spiro atoms. The molecule has 5 nitrogen and oxygen atoms in total. The number of amides is 2. The molecule has 2 N–H and O–H groups in total. The molecule has 0 radical (unpaired) electrons. The highest BCUT2D eigenvalue weighted by Gasteiger charge is 2.29. The van der Waals surface area contributed by atoms with E-state index in [0.717, 1.165) is 17.5 Å². The number of piperidine rings is 1. The van der Waals surface area contributed by atoms with Crippen molar-refractivity contribution in [2.24, 2.45) is 5.92 Å². The SMILES string of the molecule is C=CCN1CC(C(=O)NCc2cc(C)cc3c(C)c(CC)[nH]c23)CCC1=O. The molecule has 144 valence electrons. The van der Waals surface area contributed by atoms with Crippen LogP contribution in [0.2, 0.25) is 0 Å². The molecule has 1 unspecified atom stereocenters. The summed E-state index contributed by atoms with van der Waals surface area (Å²) in [6.45, 7) is 11.5. The van der Waals surface area contributed by atoms with Gasteiger partial charge in [0.1, 0.15) is 0 Å². The van der Waals surface area contributed by atoms with E-state index in [2.05, 4.69) is 49.8 Å². The summed E-state index contributed by atoms with van der Waals surface area (Å²) < 4.78 is 0. The van der Waals surface area contributed by atoms with Crippen LogP contribution in [-0.4, -0.2) is 34.8 Å². The van der Waals surface area contributed by atoms with Crippen LogP contribution in [-0.2, 0) is 22.6 Å². The van der Waals surface area contributed by atoms with Crippen LogP contribution in [0.1, 0.15) is 42.1 Å². The van der Waals surface area contributed by atoms with E-state index in [4.69, 9.17) is 0 Å². The minimum atomic E-state index is -0.153. The van der Waals surface area contributed by atoms with Gasteiger partial charge in [-0.25, -0.2) is 0 Å². The number of nitrogens with one attached hydrogen (secondary N) is 2. The Morgan fingerprint density at radius 2 is 2.19 bits per heavy atom. The molecular weight excluding hydrogens is 338 g/mol. The highest BCUT2D eigenvalue weighted by Crippen LogP contribution is 2.27. The second kappa shape index (κ2) is 7.99. The fourth-order valence-electron chi connectivity index (χ4n) is 3.99. The molecule has 0 aliphatic carbocycles. The second-order valence-corrected chi connectivity index (χ2v) is 7.47. The molecule has 5 heteroatoms. The van der Waals surface area contributed by atoms with E-state index in [0.29, 0.717) is 32.5 Å². The van der Waals surface area contributed by atoms with Gasteiger partial charge in [0.05, 0.1) is 11.4 Å². The van der Waals surface area contributed by atoms with Crippen LogP contribution in [0.3, 0.4) is 0 Å². The molecule has 1 saturated heterocycles. The minimum Gasteiger partial charge on any atom is -0.358 e. The summed E-state index contributed by atoms with van der Waals surface area (Å²) in [4.78, 5) is 29.9. The van der Waals surface area contributed by atoms with Crippen molar-refractivity contribution in [2.75, 3.05) is 13.1 Å². The Bertz CT molecular complexity index is 881. The van der Waals surface area contributed by atoms with Crippen LogP contribution in [0.15, 0.2) is 24.8 Å². The first kappa shape index (κ1) is 19.2. The van der Waals surface area contributed by atoms with Gasteiger partial charge in [0.15, 0.2) is 0 Å². The number of hydrogen-bond donors (Lipinski definition) is 2. The summed E-state index contributed by atoms with van der Waals surface area (Å²) >= 11 is 0. The first-order chi connectivity index (χ1) is 12.9. The van der Waals surface area contributed by atoms with Crippen molar-refractivity contribution in [1.82, 2.24) is 15.2 Å². The van der Waals surface area contributed by atoms with Crippen LogP contribution < -0.4 is 5.32 Å². The average molecular weight is 367 g/mol. The number of benzene rings is 1. The molecule has 3 rings (SSSR count). The third-order valence-corrected chi connectivity index (χ3v) is 5.52. The maximum atomic E-state index is 12.7. The number of fused-ring (bicyclic) bond motifs is 1. The van der Waals surface area contributed by atoms with Gasteiger partial charge in [-0.3, -0.25) is 9.59 Å². The molecule has 0 bridgehead atoms. The van der Waals surface area contributed by atoms with Crippen LogP contribution in [0, 0.1) is 19.8 Å². The van der Waals surface area contributed by atoms with E-state index in [1.54, 1.807) is 11.0 Å². The predicted octanol–water partition coefficient (Wildman–Crippen LogP) is 3.39. The first-order valence-corrected chi connectivity index (χ1v) is 9.71. The fraction of sp³-hybridized carbons (Fsp3) is 0.455. The van der Waals surface area contributed by atoms with Gasteiger partial charge in [-0.15, -0.1) is 6.58 Å². The largest absolute Gasteiger partial charge is 0.358 e. The van der Waals surface area contributed by atoms with Gasteiger partial charge in [0.2, 0.25) is 11.8 Å². The summed E-state index contributed by atoms with van der Waals surface area (Å²) in [5.74, 6) is -0.0296. The molecular formula is C22H29N3O2. The predicted molar refractivity (Wildman–Crippen MR) is 108 cm³/mol. The van der Waals surface area contributed by atoms with E-state index >= 15 is 0 Å². The lowest BCUT2D eigenvalue weighted by Crippen LogP contribution is -2.45. The van der Waals surface area contributed by atoms with Crippen molar-refractivity contribution < 1.29 is 9.59 Å². The zero-order chi connectivity index (χ0) is 19.6. The van der Waals surface area contributed by atoms with E-state index in [1.165, 1.54) is 22.2 Å². The molecule has 2 amide bonds. The summed E-state index contributed by atoms with van der Waals surface area (Å²) in [6.07, 6.45) is 3.71. The molecule has 1 aliphatic rings. The smallest absolute Gasteiger partial charge is 0.225 e. The third-order valence-electron chi connectivity index (χ3n) is 5.52. The molecule has 1 fully saturated rings. The number of H-pyrrole nitrogens is 1. The lowest BCUT2D eigenvalue weighted by atomic mass is 9.96. The first-order valence-electron chi connectivity index (χ1n) is 9.71. The standard InChI is InChI=1S/C22H29N3O2/c1-5-9-25-13-16(7-8-20(25)26)22(27)23-12-17-10-14(3)11-18-15(4)19(6-2)24-21(17)18/h5,10-11,16,24H,1,6-9,12-13H2,2-4H3,(H,23,27). The van der Waals surface area contributed by atoms with Crippen LogP contribution in [0.25, 0.3) is 10.9 Å². The second-order valence-electron chi connectivity index (χ2n) is 7.47. The molecule has 1 aromatic heterocycles. The van der Waals surface area contributed by atoms with Crippen molar-refractivity contribution in [3.63, 3.8) is 0 Å². The van der Waals surface area contributed by atoms with E-state index in [1.807, 2.05) is 0 Å². The van der Waals surface area contributed by atoms with E-state index in [9.17, 15) is 9.59 Å². The molecule has 1 aromatic carbocycles. The number of likely N-dealkylation sites (tertiary alicyclic amines) is 1. The van der Waals surface area contributed by atoms with Gasteiger partial charge >= 0.3 is 0 Å². The van der Waals surface area contributed by atoms with Crippen molar-refractivity contribution in [1.29, 1.82) is 0 Å². The lowest BCUT2D eigenvalue weighted by Gasteiger charge is -2.31. The zero-order valence-electron chi connectivity index (χ0n) is 16.5. The Balaban J connectivity index is 1.74. The lowest BCUT2D eigenvalue weighted by molar-refractivity contribution is -0.137. The van der Waals surface area contributed by atoms with E-state index < -0.39 is 0 Å². The molecule has 2 heterocycles. The summed E-state index contributed by atoms with van der Waals surface area (Å²) in [5, 5.41) is 4.32. The fourth-order valence-corrected chi connectivity index (χ4v) is 3.99. The van der Waals surface area contributed by atoms with Crippen molar-refractivity contribution in [2.45, 2.75) is 46.6 Å². The number of hydrogen-bond acceptors (Lipinski definition) is 2. The van der Waals surface area contributed by atoms with Gasteiger partial charge in [0.25, 0.3) is 0 Å². The maximum absolute atomic E-state index is 12.7. The highest BCUT2D eigenvalue weighted by atomic mass is 16.2. The highest BCUT2D eigenvalue weighted by molar-refractivity contribution is 5.89. The van der Waals surface area contributed by atoms with E-state index in [-0.39, 0.29) is 17.7 Å². The van der Waals surface area contributed by atoms with Gasteiger partial charge in [-0.05, 0) is 43.9 Å². The van der Waals surface area contributed by atoms with Crippen molar-refractivity contribution in [3.8, 4) is 0 Å². The minimum absolute atomic E-state index is 0.0187. The van der Waals surface area contributed by atoms with Gasteiger partial charge in [-0.1, -0.05) is 24.6 Å². The molecule has 1 aliphatic heterocycles. The van der Waals surface area contributed by atoms with Gasteiger partial charge in [-0.2, -0.15) is 0 Å². The molecule has 0 saturated carbocycles. The van der Waals surface area contributed by atoms with Crippen LogP contribution in [0.5, 0.6) is 0 Å². The Morgan fingerprint density at radius 1 is 1.41 bits per heavy atom. The summed E-state index contributed by atoms with van der Waals surface area (Å²) in [5.41, 5.74) is 5.94. The van der Waals surface area contributed by atoms with Crippen molar-refractivity contribution in [3.05, 3.63) is 47.2 Å². The number of rotatable bonds is 6. The van der Waals surface area contributed by atoms with Crippen molar-refractivity contribution >= 4 is 22.7 Å². The Morgan fingerprint density at radius 3 is 2.89 bits per heavy atom. The number of carbonyl (C=O) groups excluding carboxylic acids is 2. The number of aryl methyl sites for hydroxylation is 3. The Hall–Kier alpha value is -2.56. The Kier molecular flexibility index (Phi) is 5.68. The van der Waals surface area contributed by atoms with Crippen LogP contribution in [0.4, 0.5) is 0 Å². The molecule has 27 heavy (non-hydrogen) atoms.